The van der Waals surface area contributed by atoms with Gasteiger partial charge >= 0.3 is 6.18 Å². The van der Waals surface area contributed by atoms with Crippen molar-refractivity contribution in [3.05, 3.63) is 34.4 Å². The molecule has 0 radical (unpaired) electrons. The number of fused-ring (bicyclic) bond motifs is 1. The Bertz CT molecular complexity index is 1120. The molecule has 7 nitrogen and oxygen atoms in total. The summed E-state index contributed by atoms with van der Waals surface area (Å²) >= 11 is 6.20. The van der Waals surface area contributed by atoms with Crippen LogP contribution in [0, 0.1) is 17.7 Å². The monoisotopic (exact) mass is 517 g/mol. The molecule has 0 bridgehead atoms. The second kappa shape index (κ2) is 8.55. The van der Waals surface area contributed by atoms with Gasteiger partial charge in [0.05, 0.1) is 24.2 Å². The first kappa shape index (κ1) is 24.2. The van der Waals surface area contributed by atoms with Crippen LogP contribution in [0.5, 0.6) is 5.75 Å². The maximum Gasteiger partial charge on any atom is 0.396 e. The van der Waals surface area contributed by atoms with Gasteiger partial charge in [-0.2, -0.15) is 18.2 Å². The molecule has 2 atom stereocenters. The Kier molecular flexibility index (Phi) is 5.90. The smallest absolute Gasteiger partial charge is 0.396 e. The van der Waals surface area contributed by atoms with Gasteiger partial charge in [0.15, 0.2) is 17.3 Å². The highest BCUT2D eigenvalue weighted by Gasteiger charge is 2.47. The Morgan fingerprint density at radius 2 is 1.97 bits per heavy atom. The molecule has 2 heterocycles. The number of nitrogens with zero attached hydrogens (tertiary/aromatic N) is 2. The summed E-state index contributed by atoms with van der Waals surface area (Å²) in [5.74, 6) is -1.21. The van der Waals surface area contributed by atoms with E-state index in [1.54, 1.807) is 4.90 Å². The van der Waals surface area contributed by atoms with E-state index in [1.165, 1.54) is 19.6 Å². The van der Waals surface area contributed by atoms with E-state index in [2.05, 4.69) is 10.3 Å². The molecule has 3 aliphatic rings. The zero-order chi connectivity index (χ0) is 25.1. The van der Waals surface area contributed by atoms with Crippen LogP contribution in [0.2, 0.25) is 5.02 Å². The first-order valence-electron chi connectivity index (χ1n) is 11.3. The fourth-order valence-electron chi connectivity index (χ4n) is 4.84. The summed E-state index contributed by atoms with van der Waals surface area (Å²) in [6.07, 6.45) is -3.32. The van der Waals surface area contributed by atoms with Crippen molar-refractivity contribution >= 4 is 29.2 Å². The molecule has 3 fully saturated rings. The van der Waals surface area contributed by atoms with Gasteiger partial charge < -0.3 is 24.1 Å². The van der Waals surface area contributed by atoms with Crippen molar-refractivity contribution in [3.63, 3.8) is 0 Å². The molecular weight excluding hydrogens is 494 g/mol. The molecule has 1 amide bonds. The standard InChI is InChI=1S/C23H24ClF4N3O4/c1-22(33-2)9-31(10-22)21-30-18(17(35-21)8-23(26,27)28)20(32)29-13-6-15(24)19(16(25)7-13)34-14-4-11-3-12(11)5-14/h6-7,11-12,14H,3-5,8-10H2,1-2H3,(H,29,32). The third-order valence-electron chi connectivity index (χ3n) is 6.82. The molecule has 1 aromatic heterocycles. The van der Waals surface area contributed by atoms with Crippen molar-refractivity contribution in [1.82, 2.24) is 4.98 Å². The van der Waals surface area contributed by atoms with Crippen LogP contribution in [-0.2, 0) is 11.2 Å². The van der Waals surface area contributed by atoms with Crippen molar-refractivity contribution < 1.29 is 36.2 Å². The zero-order valence-electron chi connectivity index (χ0n) is 19.0. The minimum absolute atomic E-state index is 0.0439. The fraction of sp³-hybridized carbons (Fsp3) is 0.565. The number of rotatable bonds is 7. The number of benzene rings is 1. The number of hydrogen-bond donors (Lipinski definition) is 1. The van der Waals surface area contributed by atoms with Crippen molar-refractivity contribution in [2.24, 2.45) is 11.8 Å². The number of carbonyl (C=O) groups excluding carboxylic acids is 1. The topological polar surface area (TPSA) is 76.8 Å². The number of hydrogen-bond acceptors (Lipinski definition) is 6. The molecule has 35 heavy (non-hydrogen) atoms. The third kappa shape index (κ3) is 5.06. The number of halogens is 5. The number of alkyl halides is 3. The van der Waals surface area contributed by atoms with E-state index >= 15 is 0 Å². The average molecular weight is 518 g/mol. The van der Waals surface area contributed by atoms with Gasteiger partial charge in [-0.3, -0.25) is 4.79 Å². The minimum Gasteiger partial charge on any atom is -0.486 e. The number of anilines is 2. The maximum absolute atomic E-state index is 14.7. The van der Waals surface area contributed by atoms with Gasteiger partial charge in [0.2, 0.25) is 0 Å². The number of methoxy groups -OCH3 is 1. The van der Waals surface area contributed by atoms with Crippen molar-refractivity contribution in [2.45, 2.75) is 50.5 Å². The van der Waals surface area contributed by atoms with Crippen LogP contribution < -0.4 is 15.0 Å². The Morgan fingerprint density at radius 3 is 2.57 bits per heavy atom. The number of carbonyl (C=O) groups is 1. The predicted molar refractivity (Wildman–Crippen MR) is 118 cm³/mol. The van der Waals surface area contributed by atoms with Crippen LogP contribution in [0.4, 0.5) is 29.3 Å². The quantitative estimate of drug-likeness (QED) is 0.507. The number of ether oxygens (including phenoxy) is 2. The summed E-state index contributed by atoms with van der Waals surface area (Å²) in [6.45, 7) is 2.50. The molecule has 1 aliphatic heterocycles. The zero-order valence-corrected chi connectivity index (χ0v) is 19.8. The Hall–Kier alpha value is -2.53. The summed E-state index contributed by atoms with van der Waals surface area (Å²) in [5.41, 5.74) is -1.07. The van der Waals surface area contributed by atoms with Crippen LogP contribution in [0.3, 0.4) is 0 Å². The highest BCUT2D eigenvalue weighted by Crippen LogP contribution is 2.53. The SMILES string of the molecule is COC1(C)CN(c2nc(C(=O)Nc3cc(F)c(OC4CC5CC5C4)c(Cl)c3)c(CC(F)(F)F)o2)C1. The van der Waals surface area contributed by atoms with Crippen LogP contribution >= 0.6 is 11.6 Å². The van der Waals surface area contributed by atoms with E-state index in [9.17, 15) is 22.4 Å². The molecule has 1 saturated heterocycles. The molecule has 2 aliphatic carbocycles. The van der Waals surface area contributed by atoms with Gasteiger partial charge in [-0.05, 0) is 44.1 Å². The molecule has 190 valence electrons. The lowest BCUT2D eigenvalue weighted by Crippen LogP contribution is -2.61. The third-order valence-corrected chi connectivity index (χ3v) is 7.10. The predicted octanol–water partition coefficient (Wildman–Crippen LogP) is 5.23. The average Bonchev–Trinajstić information content (AvgIpc) is 3.14. The van der Waals surface area contributed by atoms with Gasteiger partial charge in [-0.25, -0.2) is 4.39 Å². The Labute approximate surface area is 203 Å². The second-order valence-electron chi connectivity index (χ2n) is 9.76. The van der Waals surface area contributed by atoms with E-state index in [-0.39, 0.29) is 28.6 Å². The number of aromatic nitrogens is 1. The molecular formula is C23H24ClF4N3O4. The first-order valence-corrected chi connectivity index (χ1v) is 11.6. The Morgan fingerprint density at radius 1 is 1.29 bits per heavy atom. The van der Waals surface area contributed by atoms with Crippen molar-refractivity contribution in [3.8, 4) is 5.75 Å². The first-order chi connectivity index (χ1) is 16.4. The van der Waals surface area contributed by atoms with Crippen molar-refractivity contribution in [1.29, 1.82) is 0 Å². The number of nitrogens with one attached hydrogen (secondary N) is 1. The molecule has 2 saturated carbocycles. The van der Waals surface area contributed by atoms with E-state index in [0.717, 1.165) is 18.9 Å². The molecule has 1 aromatic carbocycles. The Balaban J connectivity index is 1.32. The van der Waals surface area contributed by atoms with Gasteiger partial charge in [-0.15, -0.1) is 0 Å². The summed E-state index contributed by atoms with van der Waals surface area (Å²) < 4.78 is 70.4. The normalized spacial score (nSPS) is 24.7. The van der Waals surface area contributed by atoms with Crippen molar-refractivity contribution in [2.75, 3.05) is 30.4 Å². The van der Waals surface area contributed by atoms with Crippen LogP contribution in [-0.4, -0.2) is 49.0 Å². The second-order valence-corrected chi connectivity index (χ2v) is 10.2. The summed E-state index contributed by atoms with van der Waals surface area (Å²) in [6, 6.07) is 2.18. The maximum atomic E-state index is 14.7. The summed E-state index contributed by atoms with van der Waals surface area (Å²) in [4.78, 5) is 18.4. The lowest BCUT2D eigenvalue weighted by molar-refractivity contribution is -0.130. The van der Waals surface area contributed by atoms with Crippen LogP contribution in [0.1, 0.15) is 42.4 Å². The highest BCUT2D eigenvalue weighted by molar-refractivity contribution is 6.32. The highest BCUT2D eigenvalue weighted by atomic mass is 35.5. The number of amides is 1. The van der Waals surface area contributed by atoms with Gasteiger partial charge in [0.25, 0.3) is 11.9 Å². The summed E-state index contributed by atoms with van der Waals surface area (Å²) in [5, 5.41) is 2.32. The van der Waals surface area contributed by atoms with E-state index in [0.29, 0.717) is 24.9 Å². The fourth-order valence-corrected chi connectivity index (χ4v) is 5.09. The molecule has 12 heteroatoms. The minimum atomic E-state index is -4.63. The molecule has 2 unspecified atom stereocenters. The van der Waals surface area contributed by atoms with Gasteiger partial charge in [0, 0.05) is 18.9 Å². The number of oxazole rings is 1. The molecule has 0 spiro atoms. The van der Waals surface area contributed by atoms with Gasteiger partial charge in [-0.1, -0.05) is 11.6 Å². The van der Waals surface area contributed by atoms with Crippen LogP contribution in [0.15, 0.2) is 16.5 Å². The summed E-state index contributed by atoms with van der Waals surface area (Å²) in [7, 11) is 1.53. The largest absolute Gasteiger partial charge is 0.486 e. The lowest BCUT2D eigenvalue weighted by Gasteiger charge is -2.45. The van der Waals surface area contributed by atoms with Gasteiger partial charge in [0.1, 0.15) is 17.8 Å². The van der Waals surface area contributed by atoms with E-state index < -0.39 is 41.4 Å². The van der Waals surface area contributed by atoms with E-state index in [1.807, 2.05) is 6.92 Å². The van der Waals surface area contributed by atoms with E-state index in [4.69, 9.17) is 25.5 Å². The molecule has 1 N–H and O–H groups in total. The molecule has 2 aromatic rings. The van der Waals surface area contributed by atoms with Crippen LogP contribution in [0.25, 0.3) is 0 Å². The molecule has 5 rings (SSSR count). The lowest BCUT2D eigenvalue weighted by atomic mass is 9.97.